The van der Waals surface area contributed by atoms with Gasteiger partial charge in [-0.15, -0.1) is 0 Å². The van der Waals surface area contributed by atoms with Gasteiger partial charge in [0.25, 0.3) is 11.1 Å². The average molecular weight is 524 g/mol. The molecule has 1 fully saturated rings. The van der Waals surface area contributed by atoms with E-state index in [1.807, 2.05) is 13.0 Å². The highest BCUT2D eigenvalue weighted by Crippen LogP contribution is 2.35. The summed E-state index contributed by atoms with van der Waals surface area (Å²) >= 11 is 6.92. The van der Waals surface area contributed by atoms with Crippen molar-refractivity contribution >= 4 is 46.6 Å². The molecule has 3 aromatic rings. The number of hydrogen-bond acceptors (Lipinski definition) is 7. The lowest BCUT2D eigenvalue weighted by Crippen LogP contribution is -2.32. The second-order valence-electron chi connectivity index (χ2n) is 7.51. The lowest BCUT2D eigenvalue weighted by atomic mass is 10.1. The summed E-state index contributed by atoms with van der Waals surface area (Å²) < 4.78 is 16.8. The molecule has 1 aliphatic rings. The van der Waals surface area contributed by atoms with Gasteiger partial charge in [-0.2, -0.15) is 0 Å². The Bertz CT molecular complexity index is 1310. The standard InChI is InChI=1S/C27H22ClNO6S/c1-2-33-23-16-18(12-13-22(23)35-26(31)19-8-4-3-5-9-19)17-24-25(30)29(27(32)36-24)14-15-34-21-11-7-6-10-20(21)28/h3-13,16-17H,2,14-15H2,1H3/b24-17-. The summed E-state index contributed by atoms with van der Waals surface area (Å²) in [5.41, 5.74) is 1.03. The van der Waals surface area contributed by atoms with Crippen LogP contribution >= 0.6 is 23.4 Å². The van der Waals surface area contributed by atoms with Gasteiger partial charge in [-0.05, 0) is 66.7 Å². The first kappa shape index (κ1) is 25.3. The highest BCUT2D eigenvalue weighted by molar-refractivity contribution is 8.18. The minimum Gasteiger partial charge on any atom is -0.490 e. The van der Waals surface area contributed by atoms with Crippen molar-refractivity contribution in [3.8, 4) is 17.2 Å². The van der Waals surface area contributed by atoms with Crippen LogP contribution in [0.4, 0.5) is 4.79 Å². The summed E-state index contributed by atoms with van der Waals surface area (Å²) in [6, 6.07) is 20.6. The molecule has 1 aliphatic heterocycles. The summed E-state index contributed by atoms with van der Waals surface area (Å²) in [6.07, 6.45) is 1.60. The van der Waals surface area contributed by atoms with E-state index in [9.17, 15) is 14.4 Å². The number of carbonyl (C=O) groups is 3. The summed E-state index contributed by atoms with van der Waals surface area (Å²) in [4.78, 5) is 39.1. The van der Waals surface area contributed by atoms with Gasteiger partial charge in [0, 0.05) is 0 Å². The SMILES string of the molecule is CCOc1cc(/C=C2\SC(=O)N(CCOc3ccccc3Cl)C2=O)ccc1OC(=O)c1ccccc1. The quantitative estimate of drug-likeness (QED) is 0.191. The molecule has 36 heavy (non-hydrogen) atoms. The van der Waals surface area contributed by atoms with Gasteiger partial charge in [0.05, 0.1) is 28.6 Å². The van der Waals surface area contributed by atoms with Crippen LogP contribution in [0.2, 0.25) is 5.02 Å². The van der Waals surface area contributed by atoms with Gasteiger partial charge in [0.15, 0.2) is 11.5 Å². The molecule has 0 aromatic heterocycles. The molecular weight excluding hydrogens is 502 g/mol. The highest BCUT2D eigenvalue weighted by Gasteiger charge is 2.34. The normalized spacial score (nSPS) is 14.3. The van der Waals surface area contributed by atoms with Crippen LogP contribution < -0.4 is 14.2 Å². The van der Waals surface area contributed by atoms with Crippen molar-refractivity contribution in [1.82, 2.24) is 4.90 Å². The summed E-state index contributed by atoms with van der Waals surface area (Å²) in [6.45, 7) is 2.36. The van der Waals surface area contributed by atoms with Crippen LogP contribution in [0.1, 0.15) is 22.8 Å². The predicted octanol–water partition coefficient (Wildman–Crippen LogP) is 6.07. The number of halogens is 1. The molecule has 0 aliphatic carbocycles. The lowest BCUT2D eigenvalue weighted by molar-refractivity contribution is -0.123. The van der Waals surface area contributed by atoms with Crippen molar-refractivity contribution in [1.29, 1.82) is 0 Å². The number of amides is 2. The zero-order chi connectivity index (χ0) is 25.5. The van der Waals surface area contributed by atoms with Gasteiger partial charge >= 0.3 is 5.97 Å². The largest absolute Gasteiger partial charge is 0.490 e. The molecule has 3 aromatic carbocycles. The van der Waals surface area contributed by atoms with Crippen LogP contribution in [-0.4, -0.2) is 41.8 Å². The lowest BCUT2D eigenvalue weighted by Gasteiger charge is -2.14. The van der Waals surface area contributed by atoms with E-state index < -0.39 is 11.9 Å². The number of esters is 1. The van der Waals surface area contributed by atoms with Crippen molar-refractivity contribution in [2.75, 3.05) is 19.8 Å². The fourth-order valence-corrected chi connectivity index (χ4v) is 4.41. The zero-order valence-electron chi connectivity index (χ0n) is 19.3. The number of hydrogen-bond donors (Lipinski definition) is 0. The van der Waals surface area contributed by atoms with E-state index in [1.54, 1.807) is 72.8 Å². The molecule has 0 atom stereocenters. The monoisotopic (exact) mass is 523 g/mol. The molecule has 2 amide bonds. The maximum Gasteiger partial charge on any atom is 0.343 e. The van der Waals surface area contributed by atoms with Crippen molar-refractivity contribution in [2.24, 2.45) is 0 Å². The Balaban J connectivity index is 1.45. The molecule has 0 saturated carbocycles. The minimum absolute atomic E-state index is 0.0891. The second kappa shape index (κ2) is 11.8. The first-order valence-electron chi connectivity index (χ1n) is 11.1. The van der Waals surface area contributed by atoms with Crippen molar-refractivity contribution in [3.05, 3.63) is 93.9 Å². The first-order valence-corrected chi connectivity index (χ1v) is 12.3. The number of para-hydroxylation sites is 1. The van der Waals surface area contributed by atoms with Gasteiger partial charge in [-0.3, -0.25) is 14.5 Å². The number of thioether (sulfide) groups is 1. The van der Waals surface area contributed by atoms with E-state index in [0.717, 1.165) is 16.7 Å². The van der Waals surface area contributed by atoms with E-state index in [0.29, 0.717) is 34.3 Å². The fraction of sp³-hybridized carbons (Fsp3) is 0.148. The molecule has 9 heteroatoms. The Morgan fingerprint density at radius 1 is 0.944 bits per heavy atom. The molecule has 7 nitrogen and oxygen atoms in total. The number of nitrogens with zero attached hydrogens (tertiary/aromatic N) is 1. The number of rotatable bonds is 9. The number of ether oxygens (including phenoxy) is 3. The van der Waals surface area contributed by atoms with Crippen LogP contribution in [0.5, 0.6) is 17.2 Å². The smallest absolute Gasteiger partial charge is 0.343 e. The number of benzene rings is 3. The average Bonchev–Trinajstić information content (AvgIpc) is 3.14. The van der Waals surface area contributed by atoms with Crippen LogP contribution in [0.3, 0.4) is 0 Å². The fourth-order valence-electron chi connectivity index (χ4n) is 3.35. The highest BCUT2D eigenvalue weighted by atomic mass is 35.5. The molecule has 1 saturated heterocycles. The van der Waals surface area contributed by atoms with Gasteiger partial charge in [0.1, 0.15) is 12.4 Å². The zero-order valence-corrected chi connectivity index (χ0v) is 20.9. The van der Waals surface area contributed by atoms with E-state index >= 15 is 0 Å². The van der Waals surface area contributed by atoms with Crippen LogP contribution in [0, 0.1) is 0 Å². The van der Waals surface area contributed by atoms with Crippen LogP contribution in [0.25, 0.3) is 6.08 Å². The summed E-state index contributed by atoms with van der Waals surface area (Å²) in [5.74, 6) is 0.170. The van der Waals surface area contributed by atoms with Crippen molar-refractivity contribution < 1.29 is 28.6 Å². The van der Waals surface area contributed by atoms with E-state index in [-0.39, 0.29) is 29.0 Å². The predicted molar refractivity (Wildman–Crippen MR) is 139 cm³/mol. The molecule has 0 radical (unpaired) electrons. The van der Waals surface area contributed by atoms with E-state index in [1.165, 1.54) is 0 Å². The maximum atomic E-state index is 12.8. The third-order valence-corrected chi connectivity index (χ3v) is 6.28. The Morgan fingerprint density at radius 3 is 2.44 bits per heavy atom. The Morgan fingerprint density at radius 2 is 1.69 bits per heavy atom. The Labute approximate surface area is 217 Å². The first-order chi connectivity index (χ1) is 17.5. The number of carbonyl (C=O) groups excluding carboxylic acids is 3. The molecular formula is C27H22ClNO6S. The molecule has 184 valence electrons. The minimum atomic E-state index is -0.510. The third kappa shape index (κ3) is 6.08. The Hall–Kier alpha value is -3.75. The third-order valence-electron chi connectivity index (χ3n) is 5.06. The molecule has 0 N–H and O–H groups in total. The summed E-state index contributed by atoms with van der Waals surface area (Å²) in [7, 11) is 0. The van der Waals surface area contributed by atoms with Crippen LogP contribution in [0.15, 0.2) is 77.7 Å². The van der Waals surface area contributed by atoms with Gasteiger partial charge < -0.3 is 14.2 Å². The summed E-state index contributed by atoms with van der Waals surface area (Å²) in [5, 5.41) is 0.0713. The molecule has 1 heterocycles. The van der Waals surface area contributed by atoms with Gasteiger partial charge in [-0.1, -0.05) is 48.0 Å². The maximum absolute atomic E-state index is 12.8. The van der Waals surface area contributed by atoms with Gasteiger partial charge in [0.2, 0.25) is 0 Å². The van der Waals surface area contributed by atoms with Gasteiger partial charge in [-0.25, -0.2) is 4.79 Å². The topological polar surface area (TPSA) is 82.1 Å². The van der Waals surface area contributed by atoms with E-state index in [4.69, 9.17) is 25.8 Å². The molecule has 0 spiro atoms. The van der Waals surface area contributed by atoms with Crippen LogP contribution in [-0.2, 0) is 4.79 Å². The van der Waals surface area contributed by atoms with Crippen molar-refractivity contribution in [2.45, 2.75) is 6.92 Å². The molecule has 0 bridgehead atoms. The number of imide groups is 1. The van der Waals surface area contributed by atoms with E-state index in [2.05, 4.69) is 0 Å². The Kier molecular flexibility index (Phi) is 8.30. The van der Waals surface area contributed by atoms with Crippen molar-refractivity contribution in [3.63, 3.8) is 0 Å². The second-order valence-corrected chi connectivity index (χ2v) is 8.91. The molecule has 4 rings (SSSR count). The molecule has 0 unspecified atom stereocenters.